The molecule has 1 N–H and O–H groups in total. The third-order valence-electron chi connectivity index (χ3n) is 4.94. The van der Waals surface area contributed by atoms with E-state index in [4.69, 9.17) is 23.2 Å². The van der Waals surface area contributed by atoms with E-state index in [0.29, 0.717) is 17.0 Å². The number of benzene rings is 1. The van der Waals surface area contributed by atoms with Gasteiger partial charge in [-0.1, -0.05) is 12.8 Å². The molecular weight excluding hydrogens is 357 g/mol. The van der Waals surface area contributed by atoms with E-state index in [1.54, 1.807) is 31.2 Å². The first-order valence-electron chi connectivity index (χ1n) is 7.70. The highest BCUT2D eigenvalue weighted by Gasteiger charge is 2.67. The SMILES string of the molecule is C[C@@]1(C(=O)Nc2ccc(S(=O)(=O)C3CCCC3)cc2)CC1(Cl)Cl. The van der Waals surface area contributed by atoms with Crippen molar-refractivity contribution in [2.75, 3.05) is 5.32 Å². The Balaban J connectivity index is 1.72. The second-order valence-corrected chi connectivity index (χ2v) is 10.4. The molecule has 4 nitrogen and oxygen atoms in total. The largest absolute Gasteiger partial charge is 0.326 e. The van der Waals surface area contributed by atoms with Crippen molar-refractivity contribution in [3.05, 3.63) is 24.3 Å². The minimum Gasteiger partial charge on any atom is -0.326 e. The highest BCUT2D eigenvalue weighted by Crippen LogP contribution is 2.64. The lowest BCUT2D eigenvalue weighted by Crippen LogP contribution is -2.26. The second-order valence-electron chi connectivity index (χ2n) is 6.64. The number of anilines is 1. The normalized spacial score (nSPS) is 26.9. The molecule has 2 saturated carbocycles. The minimum atomic E-state index is -3.27. The molecule has 0 radical (unpaired) electrons. The van der Waals surface area contributed by atoms with Gasteiger partial charge in [-0.05, 0) is 50.5 Å². The van der Waals surface area contributed by atoms with Crippen molar-refractivity contribution in [3.63, 3.8) is 0 Å². The number of hydrogen-bond donors (Lipinski definition) is 1. The summed E-state index contributed by atoms with van der Waals surface area (Å²) in [6, 6.07) is 6.31. The van der Waals surface area contributed by atoms with Gasteiger partial charge >= 0.3 is 0 Å². The van der Waals surface area contributed by atoms with E-state index in [2.05, 4.69) is 5.32 Å². The van der Waals surface area contributed by atoms with Crippen LogP contribution in [0.2, 0.25) is 0 Å². The molecule has 2 aliphatic rings. The number of sulfone groups is 1. The van der Waals surface area contributed by atoms with Crippen LogP contribution in [-0.2, 0) is 14.6 Å². The van der Waals surface area contributed by atoms with Gasteiger partial charge in [0.1, 0.15) is 4.33 Å². The lowest BCUT2D eigenvalue weighted by atomic mass is 10.1. The van der Waals surface area contributed by atoms with E-state index < -0.39 is 19.6 Å². The van der Waals surface area contributed by atoms with Crippen molar-refractivity contribution in [2.45, 2.75) is 53.5 Å². The summed E-state index contributed by atoms with van der Waals surface area (Å²) >= 11 is 12.0. The number of nitrogens with one attached hydrogen (secondary N) is 1. The predicted octanol–water partition coefficient (Wildman–Crippen LogP) is 3.93. The smallest absolute Gasteiger partial charge is 0.233 e. The molecule has 2 aliphatic carbocycles. The first-order chi connectivity index (χ1) is 10.7. The van der Waals surface area contributed by atoms with E-state index in [0.717, 1.165) is 25.7 Å². The third-order valence-corrected chi connectivity index (χ3v) is 8.32. The lowest BCUT2D eigenvalue weighted by Gasteiger charge is -2.14. The Bertz CT molecular complexity index is 724. The molecule has 0 aromatic heterocycles. The first-order valence-corrected chi connectivity index (χ1v) is 10.0. The standard InChI is InChI=1S/C16H19Cl2NO3S/c1-15(10-16(15,17)18)14(20)19-11-6-8-13(9-7-11)23(21,22)12-4-2-3-5-12/h6-9,12H,2-5,10H2,1H3,(H,19,20)/t15-/m0/s1. The Kier molecular flexibility index (Phi) is 4.18. The van der Waals surface area contributed by atoms with Gasteiger partial charge in [0.05, 0.1) is 15.6 Å². The van der Waals surface area contributed by atoms with Crippen LogP contribution >= 0.6 is 23.2 Å². The Morgan fingerprint density at radius 1 is 1.17 bits per heavy atom. The number of amides is 1. The molecule has 1 amide bonds. The van der Waals surface area contributed by atoms with Crippen LogP contribution < -0.4 is 5.32 Å². The van der Waals surface area contributed by atoms with Crippen LogP contribution in [0, 0.1) is 5.41 Å². The van der Waals surface area contributed by atoms with Gasteiger partial charge in [0.2, 0.25) is 5.91 Å². The zero-order chi connectivity index (χ0) is 16.9. The summed E-state index contributed by atoms with van der Waals surface area (Å²) in [4.78, 5) is 12.5. The number of halogens is 2. The quantitative estimate of drug-likeness (QED) is 0.810. The van der Waals surface area contributed by atoms with Crippen LogP contribution in [0.1, 0.15) is 39.0 Å². The summed E-state index contributed by atoms with van der Waals surface area (Å²) in [7, 11) is -3.27. The molecule has 0 bridgehead atoms. The van der Waals surface area contributed by atoms with Crippen LogP contribution in [-0.4, -0.2) is 23.9 Å². The maximum atomic E-state index is 12.5. The molecule has 1 aromatic carbocycles. The van der Waals surface area contributed by atoms with Crippen molar-refractivity contribution < 1.29 is 13.2 Å². The summed E-state index contributed by atoms with van der Waals surface area (Å²) in [5.41, 5.74) is -0.261. The van der Waals surface area contributed by atoms with Crippen LogP contribution in [0.25, 0.3) is 0 Å². The monoisotopic (exact) mass is 375 g/mol. The molecule has 0 aliphatic heterocycles. The summed E-state index contributed by atoms with van der Waals surface area (Å²) < 4.78 is 24.0. The van der Waals surface area contributed by atoms with E-state index in [9.17, 15) is 13.2 Å². The average Bonchev–Trinajstić information content (AvgIpc) is 2.87. The number of hydrogen-bond acceptors (Lipinski definition) is 3. The number of carbonyl (C=O) groups excluding carboxylic acids is 1. The molecule has 23 heavy (non-hydrogen) atoms. The van der Waals surface area contributed by atoms with Gasteiger partial charge in [0.25, 0.3) is 0 Å². The molecule has 0 heterocycles. The lowest BCUT2D eigenvalue weighted by molar-refractivity contribution is -0.120. The third kappa shape index (κ3) is 2.99. The van der Waals surface area contributed by atoms with Gasteiger partial charge < -0.3 is 5.32 Å². The maximum absolute atomic E-state index is 12.5. The summed E-state index contributed by atoms with van der Waals surface area (Å²) in [5, 5.41) is 2.47. The van der Waals surface area contributed by atoms with E-state index in [1.165, 1.54) is 0 Å². The fourth-order valence-corrected chi connectivity index (χ4v) is 5.59. The van der Waals surface area contributed by atoms with Crippen LogP contribution in [0.4, 0.5) is 5.69 Å². The van der Waals surface area contributed by atoms with Crippen LogP contribution in [0.15, 0.2) is 29.2 Å². The molecule has 7 heteroatoms. The van der Waals surface area contributed by atoms with Crippen LogP contribution in [0.3, 0.4) is 0 Å². The minimum absolute atomic E-state index is 0.256. The van der Waals surface area contributed by atoms with Gasteiger partial charge in [-0.2, -0.15) is 0 Å². The molecule has 1 atom stereocenters. The predicted molar refractivity (Wildman–Crippen MR) is 91.7 cm³/mol. The molecule has 0 spiro atoms. The second kappa shape index (κ2) is 5.64. The van der Waals surface area contributed by atoms with E-state index >= 15 is 0 Å². The van der Waals surface area contributed by atoms with Crippen molar-refractivity contribution in [1.29, 1.82) is 0 Å². The Morgan fingerprint density at radius 2 is 1.70 bits per heavy atom. The highest BCUT2D eigenvalue weighted by atomic mass is 35.5. The van der Waals surface area contributed by atoms with Crippen molar-refractivity contribution in [1.82, 2.24) is 0 Å². The summed E-state index contributed by atoms with van der Waals surface area (Å²) in [5.74, 6) is -0.256. The van der Waals surface area contributed by atoms with Gasteiger partial charge in [-0.25, -0.2) is 8.42 Å². The van der Waals surface area contributed by atoms with Crippen molar-refractivity contribution >= 4 is 44.6 Å². The molecule has 3 rings (SSSR count). The molecule has 0 saturated heterocycles. The Hall–Kier alpha value is -0.780. The zero-order valence-corrected chi connectivity index (χ0v) is 15.1. The number of alkyl halides is 2. The van der Waals surface area contributed by atoms with Crippen molar-refractivity contribution in [2.24, 2.45) is 5.41 Å². The molecular formula is C16H19Cl2NO3S. The number of rotatable bonds is 4. The summed E-state index contributed by atoms with van der Waals surface area (Å²) in [6.45, 7) is 1.71. The topological polar surface area (TPSA) is 63.2 Å². The maximum Gasteiger partial charge on any atom is 0.233 e. The van der Waals surface area contributed by atoms with Gasteiger partial charge in [0, 0.05) is 5.69 Å². The zero-order valence-electron chi connectivity index (χ0n) is 12.8. The molecule has 0 unspecified atom stereocenters. The van der Waals surface area contributed by atoms with E-state index in [1.807, 2.05) is 0 Å². The van der Waals surface area contributed by atoms with Crippen LogP contribution in [0.5, 0.6) is 0 Å². The molecule has 1 aromatic rings. The molecule has 126 valence electrons. The average molecular weight is 376 g/mol. The van der Waals surface area contributed by atoms with Crippen molar-refractivity contribution in [3.8, 4) is 0 Å². The van der Waals surface area contributed by atoms with E-state index in [-0.39, 0.29) is 11.2 Å². The van der Waals surface area contributed by atoms with Gasteiger partial charge in [-0.3, -0.25) is 4.79 Å². The van der Waals surface area contributed by atoms with Gasteiger partial charge in [-0.15, -0.1) is 23.2 Å². The fourth-order valence-electron chi connectivity index (χ4n) is 3.03. The fraction of sp³-hybridized carbons (Fsp3) is 0.562. The highest BCUT2D eigenvalue weighted by molar-refractivity contribution is 7.92. The first kappa shape index (κ1) is 17.1. The number of carbonyl (C=O) groups is 1. The summed E-state index contributed by atoms with van der Waals surface area (Å²) in [6.07, 6.45) is 3.80. The van der Waals surface area contributed by atoms with Gasteiger partial charge in [0.15, 0.2) is 9.84 Å². The Labute approximate surface area is 146 Å². The Morgan fingerprint density at radius 3 is 2.17 bits per heavy atom. The molecule has 2 fully saturated rings.